The second-order valence-corrected chi connectivity index (χ2v) is 5.08. The minimum Gasteiger partial charge on any atom is -0.496 e. The minimum absolute atomic E-state index is 0.0666. The molecule has 1 aromatic carbocycles. The summed E-state index contributed by atoms with van der Waals surface area (Å²) in [6.45, 7) is 0.0666. The predicted octanol–water partition coefficient (Wildman–Crippen LogP) is 2.81. The van der Waals surface area contributed by atoms with Crippen LogP contribution in [0.4, 0.5) is 5.69 Å². The van der Waals surface area contributed by atoms with E-state index in [-0.39, 0.29) is 23.7 Å². The molecule has 0 aliphatic rings. The van der Waals surface area contributed by atoms with Crippen molar-refractivity contribution in [3.63, 3.8) is 0 Å². The van der Waals surface area contributed by atoms with E-state index in [0.29, 0.717) is 17.0 Å². The molecule has 0 bridgehead atoms. The Kier molecular flexibility index (Phi) is 5.87. The number of benzene rings is 1. The third-order valence-corrected chi connectivity index (χ3v) is 3.61. The molecule has 2 rings (SSSR count). The van der Waals surface area contributed by atoms with Crippen LogP contribution < -0.4 is 9.47 Å². The van der Waals surface area contributed by atoms with Crippen LogP contribution in [0.25, 0.3) is 0 Å². The normalized spacial score (nSPS) is 11.4. The highest BCUT2D eigenvalue weighted by Gasteiger charge is 2.28. The van der Waals surface area contributed by atoms with Crippen molar-refractivity contribution >= 4 is 5.69 Å². The zero-order chi connectivity index (χ0) is 18.4. The average molecular weight is 343 g/mol. The molecule has 8 nitrogen and oxygen atoms in total. The highest BCUT2D eigenvalue weighted by atomic mass is 16.6. The zero-order valence-corrected chi connectivity index (χ0v) is 14.1. The Labute approximate surface area is 144 Å². The lowest BCUT2D eigenvalue weighted by molar-refractivity contribution is -0.386. The van der Waals surface area contributed by atoms with Crippen molar-refractivity contribution in [2.45, 2.75) is 12.5 Å². The number of rotatable bonds is 7. The molecule has 0 amide bonds. The van der Waals surface area contributed by atoms with Gasteiger partial charge in [-0.3, -0.25) is 10.1 Å². The van der Waals surface area contributed by atoms with E-state index in [4.69, 9.17) is 14.2 Å². The number of nitrogens with zero attached hydrogens (tertiary/aromatic N) is 3. The summed E-state index contributed by atoms with van der Waals surface area (Å²) in [5.41, 5.74) is 0.779. The van der Waals surface area contributed by atoms with E-state index >= 15 is 0 Å². The Morgan fingerprint density at radius 3 is 2.60 bits per heavy atom. The van der Waals surface area contributed by atoms with Crippen LogP contribution in [-0.2, 0) is 11.3 Å². The number of aromatic nitrogens is 1. The number of ether oxygens (including phenoxy) is 3. The smallest absolute Gasteiger partial charge is 0.279 e. The fourth-order valence-corrected chi connectivity index (χ4v) is 2.50. The maximum atomic E-state index is 11.6. The highest BCUT2D eigenvalue weighted by molar-refractivity contribution is 5.54. The zero-order valence-electron chi connectivity index (χ0n) is 14.1. The number of hydrogen-bond donors (Lipinski definition) is 0. The number of methoxy groups -OCH3 is 3. The molecule has 1 unspecified atom stereocenters. The van der Waals surface area contributed by atoms with Gasteiger partial charge in [-0.15, -0.1) is 0 Å². The quantitative estimate of drug-likeness (QED) is 0.562. The molecule has 2 aromatic rings. The summed E-state index contributed by atoms with van der Waals surface area (Å²) in [5, 5.41) is 21.2. The number of nitro benzene ring substituents is 1. The van der Waals surface area contributed by atoms with Crippen molar-refractivity contribution < 1.29 is 19.1 Å². The van der Waals surface area contributed by atoms with Crippen LogP contribution >= 0.6 is 0 Å². The van der Waals surface area contributed by atoms with Gasteiger partial charge in [0.25, 0.3) is 5.69 Å². The Morgan fingerprint density at radius 2 is 2.04 bits per heavy atom. The van der Waals surface area contributed by atoms with Crippen LogP contribution in [0.15, 0.2) is 30.3 Å². The van der Waals surface area contributed by atoms with Crippen molar-refractivity contribution in [1.82, 2.24) is 4.98 Å². The number of nitro groups is 1. The van der Waals surface area contributed by atoms with Crippen LogP contribution in [0.2, 0.25) is 0 Å². The standard InChI is InChI=1S/C17H17N3O5/c1-23-10-11-5-4-6-13(17(11)20(21)22)14(9-18)15-7-12(24-2)8-16(19-15)25-3/h4-8,14H,10H2,1-3H3. The van der Waals surface area contributed by atoms with Gasteiger partial charge in [0.2, 0.25) is 5.88 Å². The van der Waals surface area contributed by atoms with Crippen LogP contribution in [0.1, 0.15) is 22.7 Å². The topological polar surface area (TPSA) is 108 Å². The summed E-state index contributed by atoms with van der Waals surface area (Å²) in [5.74, 6) is -0.260. The van der Waals surface area contributed by atoms with Crippen molar-refractivity contribution in [1.29, 1.82) is 5.26 Å². The summed E-state index contributed by atoms with van der Waals surface area (Å²) in [6, 6.07) is 9.99. The van der Waals surface area contributed by atoms with Gasteiger partial charge in [0.1, 0.15) is 11.7 Å². The maximum absolute atomic E-state index is 11.6. The van der Waals surface area contributed by atoms with Gasteiger partial charge in [-0.05, 0) is 6.07 Å². The van der Waals surface area contributed by atoms with E-state index in [1.54, 1.807) is 30.3 Å². The first kappa shape index (κ1) is 18.2. The van der Waals surface area contributed by atoms with Crippen molar-refractivity contribution in [3.05, 3.63) is 57.3 Å². The van der Waals surface area contributed by atoms with Gasteiger partial charge in [0, 0.05) is 19.2 Å². The highest BCUT2D eigenvalue weighted by Crippen LogP contribution is 2.35. The summed E-state index contributed by atoms with van der Waals surface area (Å²) in [4.78, 5) is 15.3. The third-order valence-electron chi connectivity index (χ3n) is 3.61. The fourth-order valence-electron chi connectivity index (χ4n) is 2.50. The van der Waals surface area contributed by atoms with Gasteiger partial charge in [-0.25, -0.2) is 4.98 Å². The molecule has 1 atom stereocenters. The van der Waals surface area contributed by atoms with E-state index in [2.05, 4.69) is 11.1 Å². The van der Waals surface area contributed by atoms with Gasteiger partial charge < -0.3 is 14.2 Å². The molecule has 0 radical (unpaired) electrons. The second kappa shape index (κ2) is 8.08. The number of para-hydroxylation sites is 1. The van der Waals surface area contributed by atoms with Gasteiger partial charge in [-0.2, -0.15) is 5.26 Å². The first-order valence-electron chi connectivity index (χ1n) is 7.30. The third kappa shape index (κ3) is 3.84. The lowest BCUT2D eigenvalue weighted by atomic mass is 9.93. The van der Waals surface area contributed by atoms with E-state index in [9.17, 15) is 15.4 Å². The molecule has 1 heterocycles. The summed E-state index contributed by atoms with van der Waals surface area (Å²) in [6.07, 6.45) is 0. The number of hydrogen-bond acceptors (Lipinski definition) is 7. The molecular formula is C17H17N3O5. The molecule has 0 aliphatic carbocycles. The second-order valence-electron chi connectivity index (χ2n) is 5.08. The molecule has 25 heavy (non-hydrogen) atoms. The van der Waals surface area contributed by atoms with E-state index in [1.807, 2.05) is 0 Å². The largest absolute Gasteiger partial charge is 0.496 e. The summed E-state index contributed by atoms with van der Waals surface area (Å²) >= 11 is 0. The molecule has 0 N–H and O–H groups in total. The predicted molar refractivity (Wildman–Crippen MR) is 88.6 cm³/mol. The SMILES string of the molecule is COCc1cccc(C(C#N)c2cc(OC)cc(OC)n2)c1[N+](=O)[O-]. The van der Waals surface area contributed by atoms with Crippen LogP contribution in [-0.4, -0.2) is 31.2 Å². The Morgan fingerprint density at radius 1 is 1.28 bits per heavy atom. The Balaban J connectivity index is 2.65. The van der Waals surface area contributed by atoms with Crippen LogP contribution in [0.5, 0.6) is 11.6 Å². The molecule has 0 fully saturated rings. The Hall–Kier alpha value is -3.18. The van der Waals surface area contributed by atoms with Crippen LogP contribution in [0, 0.1) is 21.4 Å². The fraction of sp³-hybridized carbons (Fsp3) is 0.294. The molecule has 8 heteroatoms. The first-order chi connectivity index (χ1) is 12.0. The lowest BCUT2D eigenvalue weighted by Crippen LogP contribution is -2.08. The minimum atomic E-state index is -0.957. The van der Waals surface area contributed by atoms with E-state index < -0.39 is 10.8 Å². The molecule has 1 aromatic heterocycles. The molecule has 0 saturated heterocycles. The van der Waals surface area contributed by atoms with E-state index in [0.717, 1.165) is 0 Å². The van der Waals surface area contributed by atoms with Crippen molar-refractivity contribution in [2.24, 2.45) is 0 Å². The van der Waals surface area contributed by atoms with Gasteiger partial charge in [-0.1, -0.05) is 12.1 Å². The number of nitriles is 1. The first-order valence-corrected chi connectivity index (χ1v) is 7.30. The van der Waals surface area contributed by atoms with Gasteiger partial charge in [0.15, 0.2) is 0 Å². The molecule has 0 spiro atoms. The average Bonchev–Trinajstić information content (AvgIpc) is 2.62. The lowest BCUT2D eigenvalue weighted by Gasteiger charge is -2.14. The number of pyridine rings is 1. The van der Waals surface area contributed by atoms with Crippen LogP contribution in [0.3, 0.4) is 0 Å². The maximum Gasteiger partial charge on any atom is 0.279 e. The summed E-state index contributed by atoms with van der Waals surface area (Å²) in [7, 11) is 4.36. The summed E-state index contributed by atoms with van der Waals surface area (Å²) < 4.78 is 15.3. The molecule has 0 saturated carbocycles. The Bertz CT molecular complexity index is 794. The van der Waals surface area contributed by atoms with Gasteiger partial charge in [0.05, 0.1) is 48.6 Å². The van der Waals surface area contributed by atoms with Gasteiger partial charge >= 0.3 is 0 Å². The van der Waals surface area contributed by atoms with Crippen molar-refractivity contribution in [2.75, 3.05) is 21.3 Å². The molecular weight excluding hydrogens is 326 g/mol. The monoisotopic (exact) mass is 343 g/mol. The van der Waals surface area contributed by atoms with E-state index in [1.165, 1.54) is 21.3 Å². The molecule has 0 aliphatic heterocycles. The van der Waals surface area contributed by atoms with Crippen molar-refractivity contribution in [3.8, 4) is 17.7 Å². The molecule has 130 valence electrons.